The fraction of sp³-hybridized carbons (Fsp3) is 0.0714. The number of H-pyrrole nitrogens is 2. The van der Waals surface area contributed by atoms with Gasteiger partial charge in [0, 0.05) is 28.4 Å². The minimum Gasteiger partial charge on any atom is -0.477 e. The van der Waals surface area contributed by atoms with E-state index >= 15 is 0 Å². The second-order valence-electron chi connectivity index (χ2n) is 4.29. The standard InChI is InChI=1S/C14H12N2O2/c1-8-3-2-4-11-13(8)9(7-15-11)10-5-6-12(16-10)14(17)18/h2-7,15-16H,1H3,(H,17,18). The lowest BCUT2D eigenvalue weighted by Gasteiger charge is -1.99. The van der Waals surface area contributed by atoms with Gasteiger partial charge in [0.15, 0.2) is 0 Å². The summed E-state index contributed by atoms with van der Waals surface area (Å²) in [5.41, 5.74) is 4.23. The van der Waals surface area contributed by atoms with Crippen molar-refractivity contribution >= 4 is 16.9 Å². The molecule has 0 fully saturated rings. The van der Waals surface area contributed by atoms with Crippen LogP contribution in [0.1, 0.15) is 16.1 Å². The Bertz CT molecular complexity index is 737. The summed E-state index contributed by atoms with van der Waals surface area (Å²) in [4.78, 5) is 17.0. The average molecular weight is 240 g/mol. The average Bonchev–Trinajstić information content (AvgIpc) is 2.94. The summed E-state index contributed by atoms with van der Waals surface area (Å²) in [7, 11) is 0. The summed E-state index contributed by atoms with van der Waals surface area (Å²) in [5, 5.41) is 10.0. The number of aromatic amines is 2. The van der Waals surface area contributed by atoms with Crippen LogP contribution in [0, 0.1) is 6.92 Å². The maximum absolute atomic E-state index is 10.9. The summed E-state index contributed by atoms with van der Waals surface area (Å²) in [6, 6.07) is 9.41. The van der Waals surface area contributed by atoms with Gasteiger partial charge in [-0.05, 0) is 30.7 Å². The lowest BCUT2D eigenvalue weighted by Crippen LogP contribution is -1.95. The molecule has 0 saturated heterocycles. The molecule has 0 spiro atoms. The Labute approximate surface area is 103 Å². The number of carboxylic acid groups (broad SMARTS) is 1. The van der Waals surface area contributed by atoms with E-state index in [1.165, 1.54) is 0 Å². The van der Waals surface area contributed by atoms with Crippen molar-refractivity contribution in [1.29, 1.82) is 0 Å². The predicted octanol–water partition coefficient (Wildman–Crippen LogP) is 3.17. The van der Waals surface area contributed by atoms with Gasteiger partial charge in [0.05, 0.1) is 0 Å². The first-order valence-electron chi connectivity index (χ1n) is 5.66. The summed E-state index contributed by atoms with van der Waals surface area (Å²) in [6.45, 7) is 2.04. The van der Waals surface area contributed by atoms with E-state index in [4.69, 9.17) is 5.11 Å². The van der Waals surface area contributed by atoms with Crippen molar-refractivity contribution < 1.29 is 9.90 Å². The van der Waals surface area contributed by atoms with Crippen molar-refractivity contribution in [3.8, 4) is 11.3 Å². The molecule has 0 radical (unpaired) electrons. The van der Waals surface area contributed by atoms with Crippen LogP contribution in [0.3, 0.4) is 0 Å². The smallest absolute Gasteiger partial charge is 0.352 e. The zero-order valence-corrected chi connectivity index (χ0v) is 9.82. The highest BCUT2D eigenvalue weighted by atomic mass is 16.4. The molecule has 3 N–H and O–H groups in total. The highest BCUT2D eigenvalue weighted by molar-refractivity contribution is 5.98. The number of carbonyl (C=O) groups is 1. The number of aryl methyl sites for hydroxylation is 1. The van der Waals surface area contributed by atoms with Gasteiger partial charge in [-0.3, -0.25) is 0 Å². The molecule has 0 bridgehead atoms. The molecule has 4 nitrogen and oxygen atoms in total. The fourth-order valence-electron chi connectivity index (χ4n) is 2.26. The van der Waals surface area contributed by atoms with Crippen LogP contribution in [0.15, 0.2) is 36.5 Å². The van der Waals surface area contributed by atoms with E-state index in [0.717, 1.165) is 27.7 Å². The molecular weight excluding hydrogens is 228 g/mol. The van der Waals surface area contributed by atoms with E-state index in [1.807, 2.05) is 31.3 Å². The van der Waals surface area contributed by atoms with Gasteiger partial charge >= 0.3 is 5.97 Å². The highest BCUT2D eigenvalue weighted by Gasteiger charge is 2.12. The number of aromatic nitrogens is 2. The fourth-order valence-corrected chi connectivity index (χ4v) is 2.26. The van der Waals surface area contributed by atoms with Gasteiger partial charge < -0.3 is 15.1 Å². The largest absolute Gasteiger partial charge is 0.477 e. The summed E-state index contributed by atoms with van der Waals surface area (Å²) < 4.78 is 0. The minimum absolute atomic E-state index is 0.202. The van der Waals surface area contributed by atoms with Crippen molar-refractivity contribution in [2.75, 3.05) is 0 Å². The SMILES string of the molecule is Cc1cccc2[nH]cc(-c3ccc(C(=O)O)[nH]3)c12. The molecule has 0 aliphatic carbocycles. The maximum atomic E-state index is 10.9. The molecule has 0 aliphatic rings. The van der Waals surface area contributed by atoms with Crippen molar-refractivity contribution in [2.24, 2.45) is 0 Å². The quantitative estimate of drug-likeness (QED) is 0.644. The van der Waals surface area contributed by atoms with Gasteiger partial charge in [0.1, 0.15) is 5.69 Å². The number of nitrogens with one attached hydrogen (secondary N) is 2. The molecule has 2 heterocycles. The van der Waals surface area contributed by atoms with E-state index in [2.05, 4.69) is 9.97 Å². The first-order valence-corrected chi connectivity index (χ1v) is 5.66. The highest BCUT2D eigenvalue weighted by Crippen LogP contribution is 2.30. The summed E-state index contributed by atoms with van der Waals surface area (Å²) in [6.07, 6.45) is 1.90. The Morgan fingerprint density at radius 3 is 2.78 bits per heavy atom. The molecule has 4 heteroatoms. The molecule has 3 rings (SSSR count). The molecule has 0 saturated carbocycles. The molecule has 0 aliphatic heterocycles. The van der Waals surface area contributed by atoms with E-state index in [1.54, 1.807) is 12.1 Å². The summed E-state index contributed by atoms with van der Waals surface area (Å²) >= 11 is 0. The molecule has 90 valence electrons. The zero-order chi connectivity index (χ0) is 12.7. The van der Waals surface area contributed by atoms with Crippen LogP contribution in [0.4, 0.5) is 0 Å². The van der Waals surface area contributed by atoms with Crippen molar-refractivity contribution in [2.45, 2.75) is 6.92 Å². The van der Waals surface area contributed by atoms with E-state index in [0.29, 0.717) is 0 Å². The number of carboxylic acids is 1. The van der Waals surface area contributed by atoms with Gasteiger partial charge in [-0.25, -0.2) is 4.79 Å². The molecule has 18 heavy (non-hydrogen) atoms. The Morgan fingerprint density at radius 1 is 1.22 bits per heavy atom. The molecular formula is C14H12N2O2. The van der Waals surface area contributed by atoms with E-state index in [-0.39, 0.29) is 5.69 Å². The first-order chi connectivity index (χ1) is 8.66. The lowest BCUT2D eigenvalue weighted by atomic mass is 10.1. The van der Waals surface area contributed by atoms with Crippen molar-refractivity contribution in [3.05, 3.63) is 47.8 Å². The molecule has 1 aromatic carbocycles. The molecule has 0 amide bonds. The van der Waals surface area contributed by atoms with Gasteiger partial charge in [0.25, 0.3) is 0 Å². The van der Waals surface area contributed by atoms with Crippen LogP contribution >= 0.6 is 0 Å². The second kappa shape index (κ2) is 3.77. The van der Waals surface area contributed by atoms with Crippen LogP contribution in [0.5, 0.6) is 0 Å². The number of fused-ring (bicyclic) bond motifs is 1. The second-order valence-corrected chi connectivity index (χ2v) is 4.29. The van der Waals surface area contributed by atoms with Crippen LogP contribution in [0.2, 0.25) is 0 Å². The monoisotopic (exact) mass is 240 g/mol. The molecule has 3 aromatic rings. The van der Waals surface area contributed by atoms with Gasteiger partial charge in [-0.15, -0.1) is 0 Å². The van der Waals surface area contributed by atoms with E-state index < -0.39 is 5.97 Å². The van der Waals surface area contributed by atoms with Crippen LogP contribution in [0.25, 0.3) is 22.2 Å². The number of hydrogen-bond acceptors (Lipinski definition) is 1. The predicted molar refractivity (Wildman–Crippen MR) is 69.8 cm³/mol. The Hall–Kier alpha value is -2.49. The van der Waals surface area contributed by atoms with Crippen LogP contribution in [-0.4, -0.2) is 21.0 Å². The normalized spacial score (nSPS) is 10.9. The number of hydrogen-bond donors (Lipinski definition) is 3. The van der Waals surface area contributed by atoms with E-state index in [9.17, 15) is 4.79 Å². The first kappa shape index (κ1) is 10.7. The third-order valence-electron chi connectivity index (χ3n) is 3.12. The number of benzene rings is 1. The Balaban J connectivity index is 2.22. The van der Waals surface area contributed by atoms with Gasteiger partial charge in [-0.1, -0.05) is 12.1 Å². The lowest BCUT2D eigenvalue weighted by molar-refractivity contribution is 0.0691. The Morgan fingerprint density at radius 2 is 2.06 bits per heavy atom. The number of aromatic carboxylic acids is 1. The molecule has 0 atom stereocenters. The molecule has 0 unspecified atom stereocenters. The Kier molecular flexibility index (Phi) is 2.23. The van der Waals surface area contributed by atoms with Crippen molar-refractivity contribution in [1.82, 2.24) is 9.97 Å². The third kappa shape index (κ3) is 1.50. The topological polar surface area (TPSA) is 68.9 Å². The van der Waals surface area contributed by atoms with Crippen LogP contribution < -0.4 is 0 Å². The van der Waals surface area contributed by atoms with Gasteiger partial charge in [0.2, 0.25) is 0 Å². The van der Waals surface area contributed by atoms with Crippen LogP contribution in [-0.2, 0) is 0 Å². The van der Waals surface area contributed by atoms with Crippen molar-refractivity contribution in [3.63, 3.8) is 0 Å². The number of rotatable bonds is 2. The third-order valence-corrected chi connectivity index (χ3v) is 3.12. The van der Waals surface area contributed by atoms with Gasteiger partial charge in [-0.2, -0.15) is 0 Å². The summed E-state index contributed by atoms with van der Waals surface area (Å²) in [5.74, 6) is -0.946. The zero-order valence-electron chi connectivity index (χ0n) is 9.82. The minimum atomic E-state index is -0.946. The maximum Gasteiger partial charge on any atom is 0.352 e. The molecule has 2 aromatic heterocycles.